The normalized spacial score (nSPS) is 13.2. The summed E-state index contributed by atoms with van der Waals surface area (Å²) in [6.07, 6.45) is 3.29. The second-order valence-corrected chi connectivity index (χ2v) is 6.66. The van der Waals surface area contributed by atoms with Crippen molar-refractivity contribution >= 4 is 11.8 Å². The number of pyridine rings is 1. The van der Waals surface area contributed by atoms with Crippen LogP contribution in [0.5, 0.6) is 5.75 Å². The number of hydrogen-bond donors (Lipinski definition) is 2. The molecule has 3 rings (SSSR count). The molecule has 0 fully saturated rings. The summed E-state index contributed by atoms with van der Waals surface area (Å²) < 4.78 is 41.7. The first-order valence-corrected chi connectivity index (χ1v) is 9.02. The highest BCUT2D eigenvalue weighted by Crippen LogP contribution is 2.21. The van der Waals surface area contributed by atoms with E-state index in [1.165, 1.54) is 9.47 Å². The summed E-state index contributed by atoms with van der Waals surface area (Å²) >= 11 is 0. The third kappa shape index (κ3) is 3.93. The summed E-state index contributed by atoms with van der Waals surface area (Å²) in [5.41, 5.74) is -2.40. The number of amides is 2. The first kappa shape index (κ1) is 21.2. The maximum Gasteiger partial charge on any atom is 0.274 e. The second-order valence-electron chi connectivity index (χ2n) is 6.66. The number of carbonyl (C=O) groups excluding carboxylic acids is 2. The predicted molar refractivity (Wildman–Crippen MR) is 101 cm³/mol. The van der Waals surface area contributed by atoms with Gasteiger partial charge in [-0.3, -0.25) is 14.4 Å². The lowest BCUT2D eigenvalue weighted by Gasteiger charge is -2.30. The zero-order chi connectivity index (χ0) is 22.0. The number of fused-ring (bicyclic) bond motifs is 1. The van der Waals surface area contributed by atoms with Gasteiger partial charge in [0, 0.05) is 50.1 Å². The van der Waals surface area contributed by atoms with E-state index < -0.39 is 58.1 Å². The highest BCUT2D eigenvalue weighted by atomic mass is 19.1. The van der Waals surface area contributed by atoms with E-state index in [0.717, 1.165) is 6.20 Å². The summed E-state index contributed by atoms with van der Waals surface area (Å²) in [6, 6.07) is 0.932. The van der Waals surface area contributed by atoms with Crippen LogP contribution in [0.4, 0.5) is 13.2 Å². The van der Waals surface area contributed by atoms with Crippen LogP contribution in [0.25, 0.3) is 0 Å². The van der Waals surface area contributed by atoms with Crippen LogP contribution in [0.2, 0.25) is 0 Å². The Bertz CT molecular complexity index is 1070. The van der Waals surface area contributed by atoms with Crippen LogP contribution in [0.1, 0.15) is 32.8 Å². The molecule has 1 aliphatic heterocycles. The molecule has 0 unspecified atom stereocenters. The Morgan fingerprint density at radius 1 is 1.20 bits per heavy atom. The summed E-state index contributed by atoms with van der Waals surface area (Å²) in [6.45, 7) is 3.83. The number of aromatic nitrogens is 1. The van der Waals surface area contributed by atoms with Crippen molar-refractivity contribution in [2.75, 3.05) is 13.1 Å². The first-order chi connectivity index (χ1) is 14.2. The standard InChI is InChI=1S/C20H18F3N3O4/c1-2-3-4-25-5-6-26-10-13(17(27)18(28)16(26)20(25)30)19(29)24-9-12-14(22)7-11(21)8-15(12)23/h2,7-8,10,28H,1,3-6,9H2,(H,24,29). The summed E-state index contributed by atoms with van der Waals surface area (Å²) in [5.74, 6) is -5.93. The van der Waals surface area contributed by atoms with E-state index in [1.807, 2.05) is 0 Å². The molecule has 158 valence electrons. The minimum absolute atomic E-state index is 0.230. The largest absolute Gasteiger partial charge is 0.503 e. The maximum absolute atomic E-state index is 13.7. The molecule has 1 aromatic heterocycles. The SMILES string of the molecule is C=CCCN1CCn2cc(C(=O)NCc3c(F)cc(F)cc3F)c(=O)c(O)c2C1=O. The quantitative estimate of drug-likeness (QED) is 0.698. The molecule has 0 saturated carbocycles. The van der Waals surface area contributed by atoms with Crippen molar-refractivity contribution in [2.24, 2.45) is 0 Å². The Morgan fingerprint density at radius 3 is 2.50 bits per heavy atom. The van der Waals surface area contributed by atoms with Crippen LogP contribution in [0.15, 0.2) is 35.8 Å². The second kappa shape index (κ2) is 8.44. The van der Waals surface area contributed by atoms with Crippen LogP contribution in [0, 0.1) is 17.5 Å². The zero-order valence-electron chi connectivity index (χ0n) is 15.8. The van der Waals surface area contributed by atoms with E-state index >= 15 is 0 Å². The van der Waals surface area contributed by atoms with E-state index in [2.05, 4.69) is 11.9 Å². The third-order valence-electron chi connectivity index (χ3n) is 4.74. The van der Waals surface area contributed by atoms with Crippen molar-refractivity contribution < 1.29 is 27.9 Å². The Labute approximate surface area is 169 Å². The Kier molecular flexibility index (Phi) is 5.95. The van der Waals surface area contributed by atoms with Gasteiger partial charge >= 0.3 is 0 Å². The topological polar surface area (TPSA) is 91.6 Å². The molecule has 10 heteroatoms. The van der Waals surface area contributed by atoms with Gasteiger partial charge in [0.05, 0.1) is 0 Å². The zero-order valence-corrected chi connectivity index (χ0v) is 15.8. The van der Waals surface area contributed by atoms with Gasteiger partial charge in [-0.1, -0.05) is 6.08 Å². The van der Waals surface area contributed by atoms with Crippen LogP contribution < -0.4 is 10.7 Å². The van der Waals surface area contributed by atoms with Gasteiger partial charge < -0.3 is 19.9 Å². The van der Waals surface area contributed by atoms with Crippen molar-refractivity contribution in [3.63, 3.8) is 0 Å². The van der Waals surface area contributed by atoms with Crippen molar-refractivity contribution in [3.05, 3.63) is 75.5 Å². The van der Waals surface area contributed by atoms with E-state index in [0.29, 0.717) is 31.6 Å². The van der Waals surface area contributed by atoms with Gasteiger partial charge in [0.25, 0.3) is 11.8 Å². The lowest BCUT2D eigenvalue weighted by molar-refractivity contribution is 0.0698. The van der Waals surface area contributed by atoms with Gasteiger partial charge in [-0.15, -0.1) is 6.58 Å². The van der Waals surface area contributed by atoms with Crippen molar-refractivity contribution in [1.82, 2.24) is 14.8 Å². The van der Waals surface area contributed by atoms with Gasteiger partial charge in [-0.25, -0.2) is 13.2 Å². The number of nitrogens with zero attached hydrogens (tertiary/aromatic N) is 2. The van der Waals surface area contributed by atoms with Gasteiger partial charge in [0.2, 0.25) is 5.43 Å². The molecule has 0 spiro atoms. The number of benzene rings is 1. The molecule has 1 aliphatic rings. The molecule has 0 bridgehead atoms. The van der Waals surface area contributed by atoms with Crippen LogP contribution in [-0.4, -0.2) is 39.5 Å². The molecule has 1 aromatic carbocycles. The molecule has 30 heavy (non-hydrogen) atoms. The molecule has 0 aliphatic carbocycles. The number of aromatic hydroxyl groups is 1. The smallest absolute Gasteiger partial charge is 0.274 e. The fourth-order valence-corrected chi connectivity index (χ4v) is 3.16. The van der Waals surface area contributed by atoms with Crippen molar-refractivity contribution in [2.45, 2.75) is 19.5 Å². The van der Waals surface area contributed by atoms with Gasteiger partial charge in [0.1, 0.15) is 23.0 Å². The fourth-order valence-electron chi connectivity index (χ4n) is 3.16. The van der Waals surface area contributed by atoms with E-state index in [-0.39, 0.29) is 12.2 Å². The van der Waals surface area contributed by atoms with Gasteiger partial charge in [-0.05, 0) is 6.42 Å². The predicted octanol–water partition coefficient (Wildman–Crippen LogP) is 1.93. The Balaban J connectivity index is 1.85. The number of rotatable bonds is 6. The van der Waals surface area contributed by atoms with Crippen molar-refractivity contribution in [1.29, 1.82) is 0 Å². The number of nitrogens with one attached hydrogen (secondary N) is 1. The minimum atomic E-state index is -1.19. The fraction of sp³-hybridized carbons (Fsp3) is 0.250. The molecule has 0 atom stereocenters. The highest BCUT2D eigenvalue weighted by Gasteiger charge is 2.30. The van der Waals surface area contributed by atoms with Crippen LogP contribution in [0.3, 0.4) is 0 Å². The molecule has 0 saturated heterocycles. The summed E-state index contributed by atoms with van der Waals surface area (Å²) in [4.78, 5) is 38.8. The molecule has 2 aromatic rings. The van der Waals surface area contributed by atoms with E-state index in [4.69, 9.17) is 0 Å². The van der Waals surface area contributed by atoms with E-state index in [1.54, 1.807) is 6.08 Å². The maximum atomic E-state index is 13.7. The average Bonchev–Trinajstić information content (AvgIpc) is 2.68. The Hall–Kier alpha value is -3.56. The molecule has 2 heterocycles. The van der Waals surface area contributed by atoms with Crippen molar-refractivity contribution in [3.8, 4) is 5.75 Å². The third-order valence-corrected chi connectivity index (χ3v) is 4.74. The molecule has 2 amide bonds. The molecular weight excluding hydrogens is 403 g/mol. The summed E-state index contributed by atoms with van der Waals surface area (Å²) in [7, 11) is 0. The van der Waals surface area contributed by atoms with Crippen LogP contribution in [-0.2, 0) is 13.1 Å². The van der Waals surface area contributed by atoms with Gasteiger partial charge in [0.15, 0.2) is 11.4 Å². The lowest BCUT2D eigenvalue weighted by atomic mass is 10.1. The number of hydrogen-bond acceptors (Lipinski definition) is 4. The lowest BCUT2D eigenvalue weighted by Crippen LogP contribution is -2.43. The monoisotopic (exact) mass is 421 g/mol. The summed E-state index contributed by atoms with van der Waals surface area (Å²) in [5, 5.41) is 12.4. The number of carbonyl (C=O) groups is 2. The first-order valence-electron chi connectivity index (χ1n) is 9.02. The number of halogens is 3. The van der Waals surface area contributed by atoms with Gasteiger partial charge in [-0.2, -0.15) is 0 Å². The molecular formula is C20H18F3N3O4. The minimum Gasteiger partial charge on any atom is -0.503 e. The highest BCUT2D eigenvalue weighted by molar-refractivity contribution is 5.99. The molecule has 0 radical (unpaired) electrons. The molecule has 7 nitrogen and oxygen atoms in total. The average molecular weight is 421 g/mol. The van der Waals surface area contributed by atoms with Crippen LogP contribution >= 0.6 is 0 Å². The Morgan fingerprint density at radius 2 is 1.87 bits per heavy atom. The van der Waals surface area contributed by atoms with E-state index in [9.17, 15) is 32.7 Å². The molecule has 2 N–H and O–H groups in total.